The predicted octanol–water partition coefficient (Wildman–Crippen LogP) is 5.20. The van der Waals surface area contributed by atoms with Crippen molar-refractivity contribution in [2.45, 2.75) is 78.1 Å². The molecule has 2 fully saturated rings. The number of benzene rings is 1. The number of fused-ring (bicyclic) bond motifs is 2. The molecule has 0 bridgehead atoms. The van der Waals surface area contributed by atoms with Crippen molar-refractivity contribution < 1.29 is 19.4 Å². The van der Waals surface area contributed by atoms with Gasteiger partial charge in [0.2, 0.25) is 0 Å². The second kappa shape index (κ2) is 13.4. The fourth-order valence-corrected chi connectivity index (χ4v) is 7.74. The van der Waals surface area contributed by atoms with E-state index in [4.69, 9.17) is 19.4 Å². The Balaban J connectivity index is 1.28. The highest BCUT2D eigenvalue weighted by molar-refractivity contribution is 6.76. The van der Waals surface area contributed by atoms with Gasteiger partial charge in [-0.3, -0.25) is 0 Å². The van der Waals surface area contributed by atoms with Crippen LogP contribution in [0.15, 0.2) is 18.3 Å². The maximum Gasteiger partial charge on any atom is 0.407 e. The molecule has 2 aromatic heterocycles. The molecule has 12 heteroatoms. The van der Waals surface area contributed by atoms with E-state index in [1.807, 2.05) is 0 Å². The topological polar surface area (TPSA) is 99.4 Å². The fraction of sp³-hybridized carbons (Fsp3) is 0.618. The SMILES string of the molecule is Cc1cc2c(ccn2COCC[Si](C)(C)C)c(N2CCc3c(nc(OC[C@@H]4CCCN4C)nc3N3CCN(C(=O)O)CC3)C2)c1C. The number of rotatable bonds is 10. The molecule has 1 atom stereocenters. The van der Waals surface area contributed by atoms with Crippen molar-refractivity contribution in [3.63, 3.8) is 0 Å². The zero-order chi connectivity index (χ0) is 32.6. The van der Waals surface area contributed by atoms with E-state index in [2.05, 4.69) is 78.1 Å². The van der Waals surface area contributed by atoms with E-state index in [1.165, 1.54) is 39.0 Å². The number of aryl methyl sites for hydroxylation is 1. The summed E-state index contributed by atoms with van der Waals surface area (Å²) in [6.07, 6.45) is 4.40. The number of aromatic nitrogens is 3. The highest BCUT2D eigenvalue weighted by Gasteiger charge is 2.31. The lowest BCUT2D eigenvalue weighted by Gasteiger charge is -2.37. The third kappa shape index (κ3) is 6.98. The van der Waals surface area contributed by atoms with Gasteiger partial charge in [-0.25, -0.2) is 4.79 Å². The van der Waals surface area contributed by atoms with Crippen LogP contribution in [0.25, 0.3) is 10.9 Å². The van der Waals surface area contributed by atoms with E-state index in [-0.39, 0.29) is 0 Å². The quantitative estimate of drug-likeness (QED) is 0.235. The molecule has 11 nitrogen and oxygen atoms in total. The number of likely N-dealkylation sites (N-methyl/N-ethyl adjacent to an activating group) is 1. The Morgan fingerprint density at radius 1 is 1.07 bits per heavy atom. The van der Waals surface area contributed by atoms with Crippen LogP contribution in [0, 0.1) is 13.8 Å². The number of ether oxygens (including phenoxy) is 2. The Bertz CT molecular complexity index is 1560. The van der Waals surface area contributed by atoms with Crippen molar-refractivity contribution in [3.05, 3.63) is 40.7 Å². The number of carbonyl (C=O) groups is 1. The molecule has 3 aliphatic heterocycles. The molecule has 2 saturated heterocycles. The van der Waals surface area contributed by atoms with Gasteiger partial charge in [0.15, 0.2) is 0 Å². The summed E-state index contributed by atoms with van der Waals surface area (Å²) < 4.78 is 14.7. The van der Waals surface area contributed by atoms with Gasteiger partial charge in [-0.15, -0.1) is 0 Å². The van der Waals surface area contributed by atoms with Crippen LogP contribution in [0.1, 0.15) is 35.2 Å². The van der Waals surface area contributed by atoms with E-state index in [0.29, 0.717) is 58.1 Å². The van der Waals surface area contributed by atoms with Gasteiger partial charge in [-0.2, -0.15) is 9.97 Å². The first-order chi connectivity index (χ1) is 22.0. The lowest BCUT2D eigenvalue weighted by Crippen LogP contribution is -2.49. The molecular formula is C34H51N7O4Si. The number of likely N-dealkylation sites (tertiary alicyclic amines) is 1. The Morgan fingerprint density at radius 3 is 2.54 bits per heavy atom. The standard InChI is InChI=1S/C34H51N7O4Si/c1-24-20-30-28(10-13-41(30)23-44-18-19-46(4,5)6)31(25(24)2)40-12-9-27-29(21-40)35-33(45-22-26-8-7-11-37(26)3)36-32(27)38-14-16-39(17-15-38)34(42)43/h10,13,20,26H,7-9,11-12,14-19,21-23H2,1-6H3,(H,42,43)/t26-/m0/s1. The van der Waals surface area contributed by atoms with E-state index in [1.54, 1.807) is 0 Å². The molecule has 0 aliphatic carbocycles. The van der Waals surface area contributed by atoms with Gasteiger partial charge in [0, 0.05) is 76.3 Å². The molecule has 1 aromatic carbocycles. The second-order valence-electron chi connectivity index (χ2n) is 14.5. The molecule has 1 N–H and O–H groups in total. The van der Waals surface area contributed by atoms with E-state index in [9.17, 15) is 9.90 Å². The molecule has 0 unspecified atom stereocenters. The molecule has 0 radical (unpaired) electrons. The normalized spacial score (nSPS) is 19.3. The van der Waals surface area contributed by atoms with Gasteiger partial charge in [0.1, 0.15) is 19.2 Å². The van der Waals surface area contributed by atoms with Gasteiger partial charge in [0.05, 0.1) is 17.8 Å². The van der Waals surface area contributed by atoms with Crippen LogP contribution >= 0.6 is 0 Å². The summed E-state index contributed by atoms with van der Waals surface area (Å²) in [7, 11) is 1.01. The lowest BCUT2D eigenvalue weighted by molar-refractivity contribution is 0.0902. The van der Waals surface area contributed by atoms with Gasteiger partial charge in [-0.1, -0.05) is 19.6 Å². The average molecular weight is 650 g/mol. The summed E-state index contributed by atoms with van der Waals surface area (Å²) in [6.45, 7) is 18.2. The Morgan fingerprint density at radius 2 is 1.85 bits per heavy atom. The third-order valence-electron chi connectivity index (χ3n) is 10.1. The first-order valence-electron chi connectivity index (χ1n) is 16.9. The van der Waals surface area contributed by atoms with Gasteiger partial charge < -0.3 is 38.7 Å². The molecule has 0 spiro atoms. The fourth-order valence-electron chi connectivity index (χ4n) is 6.98. The molecule has 3 aromatic rings. The molecular weight excluding hydrogens is 599 g/mol. The largest absolute Gasteiger partial charge is 0.465 e. The molecule has 46 heavy (non-hydrogen) atoms. The van der Waals surface area contributed by atoms with E-state index in [0.717, 1.165) is 55.7 Å². The van der Waals surface area contributed by atoms with Crippen molar-refractivity contribution in [1.82, 2.24) is 24.3 Å². The van der Waals surface area contributed by atoms with Crippen LogP contribution in [0.2, 0.25) is 25.7 Å². The van der Waals surface area contributed by atoms with Gasteiger partial charge >= 0.3 is 12.1 Å². The van der Waals surface area contributed by atoms with Crippen LogP contribution in [0.3, 0.4) is 0 Å². The first kappa shape index (κ1) is 32.6. The molecule has 5 heterocycles. The van der Waals surface area contributed by atoms with Gasteiger partial charge in [0.25, 0.3) is 0 Å². The number of piperazine rings is 1. The summed E-state index contributed by atoms with van der Waals surface area (Å²) >= 11 is 0. The van der Waals surface area contributed by atoms with Crippen molar-refractivity contribution in [1.29, 1.82) is 0 Å². The smallest absolute Gasteiger partial charge is 0.407 e. The molecule has 6 rings (SSSR count). The monoisotopic (exact) mass is 649 g/mol. The minimum atomic E-state index is -1.14. The number of nitrogens with zero attached hydrogens (tertiary/aromatic N) is 7. The molecule has 0 saturated carbocycles. The highest BCUT2D eigenvalue weighted by Crippen LogP contribution is 2.38. The molecule has 250 valence electrons. The maximum absolute atomic E-state index is 11.6. The average Bonchev–Trinajstić information content (AvgIpc) is 3.62. The van der Waals surface area contributed by atoms with Crippen molar-refractivity contribution in [2.24, 2.45) is 0 Å². The summed E-state index contributed by atoms with van der Waals surface area (Å²) in [4.78, 5) is 30.1. The number of carboxylic acid groups (broad SMARTS) is 1. The molecule has 3 aliphatic rings. The Labute approximate surface area is 274 Å². The van der Waals surface area contributed by atoms with E-state index < -0.39 is 14.2 Å². The zero-order valence-corrected chi connectivity index (χ0v) is 29.5. The molecule has 1 amide bonds. The van der Waals surface area contributed by atoms with Crippen molar-refractivity contribution in [2.75, 3.05) is 69.3 Å². The number of anilines is 2. The first-order valence-corrected chi connectivity index (χ1v) is 20.6. The number of hydrogen-bond acceptors (Lipinski definition) is 8. The minimum absolute atomic E-state index is 0.366. The summed E-state index contributed by atoms with van der Waals surface area (Å²) in [5.41, 5.74) is 7.15. The lowest BCUT2D eigenvalue weighted by atomic mass is 9.99. The summed E-state index contributed by atoms with van der Waals surface area (Å²) in [5, 5.41) is 10.7. The summed E-state index contributed by atoms with van der Waals surface area (Å²) in [5.74, 6) is 0.900. The van der Waals surface area contributed by atoms with Crippen LogP contribution in [-0.4, -0.2) is 109 Å². The maximum atomic E-state index is 11.6. The zero-order valence-electron chi connectivity index (χ0n) is 28.5. The number of amides is 1. The van der Waals surface area contributed by atoms with Crippen LogP contribution in [0.5, 0.6) is 6.01 Å². The van der Waals surface area contributed by atoms with Crippen LogP contribution in [-0.2, 0) is 24.4 Å². The number of hydrogen-bond donors (Lipinski definition) is 1. The Hall–Kier alpha value is -3.35. The summed E-state index contributed by atoms with van der Waals surface area (Å²) in [6, 6.07) is 6.46. The van der Waals surface area contributed by atoms with Crippen molar-refractivity contribution >= 4 is 36.6 Å². The minimum Gasteiger partial charge on any atom is -0.465 e. The highest BCUT2D eigenvalue weighted by atomic mass is 28.3. The van der Waals surface area contributed by atoms with Crippen LogP contribution in [0.4, 0.5) is 16.3 Å². The predicted molar refractivity (Wildman–Crippen MR) is 185 cm³/mol. The Kier molecular flexibility index (Phi) is 9.49. The van der Waals surface area contributed by atoms with E-state index >= 15 is 0 Å². The second-order valence-corrected chi connectivity index (χ2v) is 20.1. The third-order valence-corrected chi connectivity index (χ3v) is 11.8. The van der Waals surface area contributed by atoms with Crippen molar-refractivity contribution in [3.8, 4) is 6.01 Å². The van der Waals surface area contributed by atoms with Crippen LogP contribution < -0.4 is 14.5 Å². The van der Waals surface area contributed by atoms with Gasteiger partial charge in [-0.05, 0) is 76.0 Å².